The number of rotatable bonds is 4. The molecule has 0 aromatic carbocycles. The van der Waals surface area contributed by atoms with Gasteiger partial charge in [-0.15, -0.1) is 0 Å². The molecule has 2 aliphatic rings. The summed E-state index contributed by atoms with van der Waals surface area (Å²) in [5.41, 5.74) is 2.26. The number of urea groups is 1. The summed E-state index contributed by atoms with van der Waals surface area (Å²) < 4.78 is 1.87. The van der Waals surface area contributed by atoms with Crippen LogP contribution < -0.4 is 10.6 Å². The third-order valence-electron chi connectivity index (χ3n) is 5.31. The zero-order chi connectivity index (χ0) is 16.2. The van der Waals surface area contributed by atoms with Crippen LogP contribution in [-0.4, -0.2) is 33.6 Å². The highest BCUT2D eigenvalue weighted by Crippen LogP contribution is 2.30. The molecule has 0 radical (unpaired) electrons. The van der Waals surface area contributed by atoms with E-state index < -0.39 is 0 Å². The predicted molar refractivity (Wildman–Crippen MR) is 88.1 cm³/mol. The topological polar surface area (TPSA) is 79.2 Å². The standard InChI is InChI=1S/C17H28N4O2/c1-12-5-2-3-6-14(12)19-17(23)20-15-7-4-8-16-13(15)11-18-21(16)9-10-22/h11-12,14-15,22H,2-10H2,1H3,(H2,19,20,23)/t12-,14+,15+/m1/s1. The van der Waals surface area contributed by atoms with Gasteiger partial charge in [0.2, 0.25) is 0 Å². The average Bonchev–Trinajstić information content (AvgIpc) is 2.94. The van der Waals surface area contributed by atoms with E-state index in [4.69, 9.17) is 5.11 Å². The molecule has 0 unspecified atom stereocenters. The Morgan fingerprint density at radius 2 is 2.13 bits per heavy atom. The molecule has 1 aromatic rings. The van der Waals surface area contributed by atoms with Crippen molar-refractivity contribution in [1.29, 1.82) is 0 Å². The SMILES string of the molecule is C[C@@H]1CCCC[C@@H]1NC(=O)N[C@H]1CCCc2c1cnn2CCO. The molecule has 6 heteroatoms. The third-order valence-corrected chi connectivity index (χ3v) is 5.31. The molecule has 1 saturated carbocycles. The fourth-order valence-corrected chi connectivity index (χ4v) is 3.96. The number of nitrogens with one attached hydrogen (secondary N) is 2. The van der Waals surface area contributed by atoms with Crippen molar-refractivity contribution in [3.8, 4) is 0 Å². The Hall–Kier alpha value is -1.56. The maximum atomic E-state index is 12.4. The Morgan fingerprint density at radius 3 is 2.91 bits per heavy atom. The van der Waals surface area contributed by atoms with Gasteiger partial charge in [-0.25, -0.2) is 4.79 Å². The van der Waals surface area contributed by atoms with Gasteiger partial charge in [0.05, 0.1) is 25.4 Å². The summed E-state index contributed by atoms with van der Waals surface area (Å²) in [5, 5.41) is 19.8. The molecule has 3 N–H and O–H groups in total. The van der Waals surface area contributed by atoms with Crippen LogP contribution >= 0.6 is 0 Å². The summed E-state index contributed by atoms with van der Waals surface area (Å²) in [4.78, 5) is 12.4. The van der Waals surface area contributed by atoms with Gasteiger partial charge < -0.3 is 15.7 Å². The quantitative estimate of drug-likeness (QED) is 0.795. The van der Waals surface area contributed by atoms with Gasteiger partial charge in [0, 0.05) is 17.3 Å². The van der Waals surface area contributed by atoms with Gasteiger partial charge in [-0.2, -0.15) is 5.10 Å². The summed E-state index contributed by atoms with van der Waals surface area (Å²) in [6, 6.07) is 0.269. The summed E-state index contributed by atoms with van der Waals surface area (Å²) in [6.45, 7) is 2.84. The predicted octanol–water partition coefficient (Wildman–Crippen LogP) is 2.13. The van der Waals surface area contributed by atoms with E-state index in [1.807, 2.05) is 10.9 Å². The molecule has 0 aliphatic heterocycles. The van der Waals surface area contributed by atoms with Gasteiger partial charge in [0.25, 0.3) is 0 Å². The Bertz CT molecular complexity index is 543. The van der Waals surface area contributed by atoms with E-state index in [0.717, 1.165) is 36.9 Å². The van der Waals surface area contributed by atoms with E-state index in [0.29, 0.717) is 18.5 Å². The molecule has 0 saturated heterocycles. The first kappa shape index (κ1) is 16.3. The van der Waals surface area contributed by atoms with E-state index in [1.165, 1.54) is 19.3 Å². The van der Waals surface area contributed by atoms with E-state index in [9.17, 15) is 4.79 Å². The van der Waals surface area contributed by atoms with Crippen molar-refractivity contribution in [3.05, 3.63) is 17.5 Å². The minimum Gasteiger partial charge on any atom is -0.394 e. The average molecular weight is 320 g/mol. The molecule has 1 aromatic heterocycles. The molecular weight excluding hydrogens is 292 g/mol. The van der Waals surface area contributed by atoms with Crippen molar-refractivity contribution in [2.75, 3.05) is 6.61 Å². The lowest BCUT2D eigenvalue weighted by Gasteiger charge is -2.31. The maximum Gasteiger partial charge on any atom is 0.315 e. The number of carbonyl (C=O) groups is 1. The Kier molecular flexibility index (Phi) is 5.20. The minimum absolute atomic E-state index is 0.0325. The van der Waals surface area contributed by atoms with Gasteiger partial charge in [-0.3, -0.25) is 4.68 Å². The molecule has 3 rings (SSSR count). The fourth-order valence-electron chi connectivity index (χ4n) is 3.96. The number of nitrogens with zero attached hydrogens (tertiary/aromatic N) is 2. The first-order chi connectivity index (χ1) is 11.2. The van der Waals surface area contributed by atoms with E-state index in [1.54, 1.807) is 0 Å². The van der Waals surface area contributed by atoms with Crippen LogP contribution in [-0.2, 0) is 13.0 Å². The number of carbonyl (C=O) groups excluding carboxylic acids is 1. The van der Waals surface area contributed by atoms with Crippen LogP contribution in [0.5, 0.6) is 0 Å². The maximum absolute atomic E-state index is 12.4. The smallest absolute Gasteiger partial charge is 0.315 e. The highest BCUT2D eigenvalue weighted by atomic mass is 16.3. The molecular formula is C17H28N4O2. The van der Waals surface area contributed by atoms with Crippen LogP contribution in [0.2, 0.25) is 0 Å². The summed E-state index contributed by atoms with van der Waals surface area (Å²) in [6.07, 6.45) is 9.56. The lowest BCUT2D eigenvalue weighted by atomic mass is 9.86. The molecule has 6 nitrogen and oxygen atoms in total. The van der Waals surface area contributed by atoms with Gasteiger partial charge in [-0.05, 0) is 38.0 Å². The van der Waals surface area contributed by atoms with Crippen LogP contribution in [0.25, 0.3) is 0 Å². The highest BCUT2D eigenvalue weighted by Gasteiger charge is 2.27. The number of hydrogen-bond acceptors (Lipinski definition) is 3. The van der Waals surface area contributed by atoms with Gasteiger partial charge >= 0.3 is 6.03 Å². The number of fused-ring (bicyclic) bond motifs is 1. The Morgan fingerprint density at radius 1 is 1.30 bits per heavy atom. The van der Waals surface area contributed by atoms with E-state index in [-0.39, 0.29) is 18.7 Å². The van der Waals surface area contributed by atoms with Crippen molar-refractivity contribution in [1.82, 2.24) is 20.4 Å². The third kappa shape index (κ3) is 3.68. The first-order valence-corrected chi connectivity index (χ1v) is 8.91. The summed E-state index contributed by atoms with van der Waals surface area (Å²) in [5.74, 6) is 0.559. The number of aromatic nitrogens is 2. The molecule has 0 bridgehead atoms. The Labute approximate surface area is 137 Å². The lowest BCUT2D eigenvalue weighted by molar-refractivity contribution is 0.217. The van der Waals surface area contributed by atoms with Gasteiger partial charge in [0.15, 0.2) is 0 Å². The highest BCUT2D eigenvalue weighted by molar-refractivity contribution is 5.75. The van der Waals surface area contributed by atoms with Crippen LogP contribution in [0, 0.1) is 5.92 Å². The monoisotopic (exact) mass is 320 g/mol. The van der Waals surface area contributed by atoms with E-state index in [2.05, 4.69) is 22.7 Å². The van der Waals surface area contributed by atoms with Crippen LogP contribution in [0.4, 0.5) is 4.79 Å². The summed E-state index contributed by atoms with van der Waals surface area (Å²) in [7, 11) is 0. The van der Waals surface area contributed by atoms with Gasteiger partial charge in [-0.1, -0.05) is 19.8 Å². The number of amides is 2. The minimum atomic E-state index is -0.0588. The second kappa shape index (κ2) is 7.34. The van der Waals surface area contributed by atoms with E-state index >= 15 is 0 Å². The molecule has 2 amide bonds. The molecule has 128 valence electrons. The number of aliphatic hydroxyl groups is 1. The molecule has 3 atom stereocenters. The largest absolute Gasteiger partial charge is 0.394 e. The second-order valence-corrected chi connectivity index (χ2v) is 6.92. The molecule has 23 heavy (non-hydrogen) atoms. The fraction of sp³-hybridized carbons (Fsp3) is 0.765. The van der Waals surface area contributed by atoms with Crippen molar-refractivity contribution >= 4 is 6.03 Å². The van der Waals surface area contributed by atoms with Gasteiger partial charge in [0.1, 0.15) is 0 Å². The lowest BCUT2D eigenvalue weighted by Crippen LogP contribution is -2.47. The van der Waals surface area contributed by atoms with Crippen LogP contribution in [0.3, 0.4) is 0 Å². The Balaban J connectivity index is 1.61. The number of aliphatic hydroxyl groups excluding tert-OH is 1. The normalized spacial score (nSPS) is 27.3. The molecule has 0 spiro atoms. The van der Waals surface area contributed by atoms with Crippen molar-refractivity contribution in [3.63, 3.8) is 0 Å². The molecule has 1 fully saturated rings. The number of hydrogen-bond donors (Lipinski definition) is 3. The van der Waals surface area contributed by atoms with Crippen molar-refractivity contribution < 1.29 is 9.90 Å². The van der Waals surface area contributed by atoms with Crippen LogP contribution in [0.1, 0.15) is 62.7 Å². The zero-order valence-electron chi connectivity index (χ0n) is 13.9. The van der Waals surface area contributed by atoms with Crippen molar-refractivity contribution in [2.24, 2.45) is 5.92 Å². The van der Waals surface area contributed by atoms with Crippen LogP contribution in [0.15, 0.2) is 6.20 Å². The van der Waals surface area contributed by atoms with Crippen molar-refractivity contribution in [2.45, 2.75) is 70.5 Å². The molecule has 1 heterocycles. The zero-order valence-corrected chi connectivity index (χ0v) is 13.9. The summed E-state index contributed by atoms with van der Waals surface area (Å²) >= 11 is 0. The molecule has 2 aliphatic carbocycles. The first-order valence-electron chi connectivity index (χ1n) is 8.91. The second-order valence-electron chi connectivity index (χ2n) is 6.92.